The third kappa shape index (κ3) is 5.58. The molecule has 3 N–H and O–H groups in total. The van der Waals surface area contributed by atoms with Crippen LogP contribution in [-0.4, -0.2) is 30.1 Å². The van der Waals surface area contributed by atoms with Gasteiger partial charge in [-0.15, -0.1) is 0 Å². The molecule has 1 amide bonds. The molecule has 0 heterocycles. The fourth-order valence-electron chi connectivity index (χ4n) is 3.75. The summed E-state index contributed by atoms with van der Waals surface area (Å²) in [6.07, 6.45) is 1.84. The minimum atomic E-state index is -1.02. The van der Waals surface area contributed by atoms with Crippen molar-refractivity contribution in [1.29, 1.82) is 0 Å². The molecule has 0 aliphatic rings. The maximum Gasteiger partial charge on any atom is 0.320 e. The fraction of sp³-hybridized carbons (Fsp3) is 0.231. The highest BCUT2D eigenvalue weighted by atomic mass is 16.4. The Morgan fingerprint density at radius 1 is 1.00 bits per heavy atom. The number of carbonyl (C=O) groups is 2. The van der Waals surface area contributed by atoms with Gasteiger partial charge in [0.25, 0.3) is 0 Å². The Balaban J connectivity index is 1.70. The summed E-state index contributed by atoms with van der Waals surface area (Å²) in [5, 5.41) is 9.09. The molecule has 0 bridgehead atoms. The SMILES string of the molecule is Cc1cc(N(C=O)CCc2ccc(-c3ccccc3)cc2)cc(C)c1C[C@H](N)C(=O)O. The summed E-state index contributed by atoms with van der Waals surface area (Å²) in [7, 11) is 0. The second-order valence-electron chi connectivity index (χ2n) is 7.82. The molecule has 3 rings (SSSR count). The fourth-order valence-corrected chi connectivity index (χ4v) is 3.75. The number of amides is 1. The van der Waals surface area contributed by atoms with Crippen LogP contribution in [0.2, 0.25) is 0 Å². The number of aliphatic carboxylic acids is 1. The number of hydrogen-bond donors (Lipinski definition) is 2. The van der Waals surface area contributed by atoms with Gasteiger partial charge in [0.2, 0.25) is 6.41 Å². The van der Waals surface area contributed by atoms with Gasteiger partial charge in [0.05, 0.1) is 0 Å². The van der Waals surface area contributed by atoms with Gasteiger partial charge in [0, 0.05) is 12.2 Å². The maximum absolute atomic E-state index is 11.8. The number of anilines is 1. The first kappa shape index (κ1) is 22.2. The van der Waals surface area contributed by atoms with Crippen molar-refractivity contribution in [2.24, 2.45) is 5.73 Å². The Hall–Kier alpha value is -3.44. The number of aryl methyl sites for hydroxylation is 2. The van der Waals surface area contributed by atoms with Crippen LogP contribution in [0.3, 0.4) is 0 Å². The van der Waals surface area contributed by atoms with Crippen LogP contribution in [0.4, 0.5) is 5.69 Å². The van der Waals surface area contributed by atoms with Crippen LogP contribution in [0.25, 0.3) is 11.1 Å². The van der Waals surface area contributed by atoms with Crippen LogP contribution < -0.4 is 10.6 Å². The van der Waals surface area contributed by atoms with E-state index in [-0.39, 0.29) is 6.42 Å². The van der Waals surface area contributed by atoms with Gasteiger partial charge in [0.1, 0.15) is 6.04 Å². The molecule has 5 nitrogen and oxygen atoms in total. The predicted octanol–water partition coefficient (Wildman–Crippen LogP) is 4.13. The molecule has 0 spiro atoms. The van der Waals surface area contributed by atoms with Crippen LogP contribution in [0, 0.1) is 13.8 Å². The van der Waals surface area contributed by atoms with Gasteiger partial charge in [-0.2, -0.15) is 0 Å². The van der Waals surface area contributed by atoms with Gasteiger partial charge in [-0.1, -0.05) is 54.6 Å². The lowest BCUT2D eigenvalue weighted by molar-refractivity contribution is -0.138. The largest absolute Gasteiger partial charge is 0.480 e. The molecule has 0 aliphatic carbocycles. The summed E-state index contributed by atoms with van der Waals surface area (Å²) in [6, 6.07) is 21.5. The molecule has 160 valence electrons. The number of carbonyl (C=O) groups excluding carboxylic acids is 1. The predicted molar refractivity (Wildman–Crippen MR) is 124 cm³/mol. The zero-order valence-corrected chi connectivity index (χ0v) is 17.9. The van der Waals surface area contributed by atoms with Gasteiger partial charge in [-0.25, -0.2) is 0 Å². The molecule has 0 radical (unpaired) electrons. The lowest BCUT2D eigenvalue weighted by Gasteiger charge is -2.21. The normalized spacial score (nSPS) is 11.7. The highest BCUT2D eigenvalue weighted by Gasteiger charge is 2.17. The van der Waals surface area contributed by atoms with Crippen molar-refractivity contribution in [3.05, 3.63) is 89.0 Å². The van der Waals surface area contributed by atoms with Gasteiger partial charge >= 0.3 is 5.97 Å². The summed E-state index contributed by atoms with van der Waals surface area (Å²) >= 11 is 0. The molecule has 0 fully saturated rings. The highest BCUT2D eigenvalue weighted by molar-refractivity contribution is 5.77. The van der Waals surface area contributed by atoms with E-state index in [2.05, 4.69) is 36.4 Å². The summed E-state index contributed by atoms with van der Waals surface area (Å²) in [5.74, 6) is -1.02. The van der Waals surface area contributed by atoms with Crippen molar-refractivity contribution < 1.29 is 14.7 Å². The molecule has 5 heteroatoms. The Morgan fingerprint density at radius 3 is 2.13 bits per heavy atom. The van der Waals surface area contributed by atoms with E-state index in [0.29, 0.717) is 6.54 Å². The summed E-state index contributed by atoms with van der Waals surface area (Å²) in [6.45, 7) is 4.40. The molecule has 0 unspecified atom stereocenters. The standard InChI is InChI=1S/C26H28N2O3/c1-18-14-23(15-19(2)24(18)16-25(27)26(30)31)28(17-29)13-12-20-8-10-22(11-9-20)21-6-4-3-5-7-21/h3-11,14-15,17,25H,12-13,16,27H2,1-2H3,(H,30,31)/t25-/m0/s1. The van der Waals surface area contributed by atoms with Crippen molar-refractivity contribution in [2.75, 3.05) is 11.4 Å². The number of rotatable bonds is 9. The van der Waals surface area contributed by atoms with Crippen molar-refractivity contribution in [1.82, 2.24) is 0 Å². The lowest BCUT2D eigenvalue weighted by atomic mass is 9.95. The van der Waals surface area contributed by atoms with Crippen LogP contribution >= 0.6 is 0 Å². The molecule has 3 aromatic rings. The van der Waals surface area contributed by atoms with E-state index >= 15 is 0 Å². The second-order valence-corrected chi connectivity index (χ2v) is 7.82. The average molecular weight is 417 g/mol. The molecular weight excluding hydrogens is 388 g/mol. The van der Waals surface area contributed by atoms with E-state index < -0.39 is 12.0 Å². The number of carboxylic acids is 1. The van der Waals surface area contributed by atoms with Gasteiger partial charge in [0.15, 0.2) is 0 Å². The van der Waals surface area contributed by atoms with Crippen LogP contribution in [0.5, 0.6) is 0 Å². The molecule has 0 saturated heterocycles. The van der Waals surface area contributed by atoms with E-state index in [0.717, 1.165) is 46.3 Å². The molecule has 0 aliphatic heterocycles. The quantitative estimate of drug-likeness (QED) is 0.514. The molecular formula is C26H28N2O3. The van der Waals surface area contributed by atoms with E-state index in [1.807, 2.05) is 44.2 Å². The Labute approximate surface area is 183 Å². The Morgan fingerprint density at radius 2 is 1.58 bits per heavy atom. The first-order valence-electron chi connectivity index (χ1n) is 10.3. The Bertz CT molecular complexity index is 1020. The van der Waals surface area contributed by atoms with Crippen molar-refractivity contribution in [3.8, 4) is 11.1 Å². The van der Waals surface area contributed by atoms with Crippen molar-refractivity contribution in [3.63, 3.8) is 0 Å². The van der Waals surface area contributed by atoms with Crippen LogP contribution in [0.1, 0.15) is 22.3 Å². The summed E-state index contributed by atoms with van der Waals surface area (Å²) in [4.78, 5) is 24.5. The molecule has 0 saturated carbocycles. The van der Waals surface area contributed by atoms with Crippen LogP contribution in [0.15, 0.2) is 66.7 Å². The third-order valence-electron chi connectivity index (χ3n) is 5.58. The maximum atomic E-state index is 11.8. The minimum Gasteiger partial charge on any atom is -0.480 e. The van der Waals surface area contributed by atoms with Gasteiger partial charge in [-0.05, 0) is 72.2 Å². The third-order valence-corrected chi connectivity index (χ3v) is 5.58. The molecule has 3 aromatic carbocycles. The van der Waals surface area contributed by atoms with E-state index in [9.17, 15) is 9.59 Å². The number of benzene rings is 3. The zero-order chi connectivity index (χ0) is 22.4. The molecule has 31 heavy (non-hydrogen) atoms. The molecule has 1 atom stereocenters. The average Bonchev–Trinajstić information content (AvgIpc) is 2.77. The first-order valence-corrected chi connectivity index (χ1v) is 10.3. The van der Waals surface area contributed by atoms with E-state index in [1.54, 1.807) is 4.90 Å². The topological polar surface area (TPSA) is 83.6 Å². The second kappa shape index (κ2) is 10.0. The van der Waals surface area contributed by atoms with Gasteiger partial charge in [-0.3, -0.25) is 9.59 Å². The Kier molecular flexibility index (Phi) is 7.21. The van der Waals surface area contributed by atoms with E-state index in [1.165, 1.54) is 5.56 Å². The molecule has 0 aromatic heterocycles. The number of carboxylic acid groups (broad SMARTS) is 1. The number of nitrogens with zero attached hydrogens (tertiary/aromatic N) is 1. The summed E-state index contributed by atoms with van der Waals surface area (Å²) in [5.41, 5.74) is 12.8. The van der Waals surface area contributed by atoms with Crippen molar-refractivity contribution in [2.45, 2.75) is 32.7 Å². The first-order chi connectivity index (χ1) is 14.9. The number of hydrogen-bond acceptors (Lipinski definition) is 3. The zero-order valence-electron chi connectivity index (χ0n) is 17.9. The minimum absolute atomic E-state index is 0.266. The van der Waals surface area contributed by atoms with E-state index in [4.69, 9.17) is 10.8 Å². The number of nitrogens with two attached hydrogens (primary N) is 1. The smallest absolute Gasteiger partial charge is 0.320 e. The lowest BCUT2D eigenvalue weighted by Crippen LogP contribution is -2.33. The van der Waals surface area contributed by atoms with Gasteiger partial charge < -0.3 is 15.7 Å². The monoisotopic (exact) mass is 416 g/mol. The van der Waals surface area contributed by atoms with Crippen molar-refractivity contribution >= 4 is 18.1 Å². The van der Waals surface area contributed by atoms with Crippen LogP contribution in [-0.2, 0) is 22.4 Å². The highest BCUT2D eigenvalue weighted by Crippen LogP contribution is 2.24. The summed E-state index contributed by atoms with van der Waals surface area (Å²) < 4.78 is 0.